The van der Waals surface area contributed by atoms with Crippen LogP contribution < -0.4 is 10.1 Å². The lowest BCUT2D eigenvalue weighted by atomic mass is 9.68. The van der Waals surface area contributed by atoms with Crippen molar-refractivity contribution in [3.8, 4) is 5.75 Å². The highest BCUT2D eigenvalue weighted by Gasteiger charge is 2.40. The molecular formula is C32H27ClFNO2. The third kappa shape index (κ3) is 4.30. The van der Waals surface area contributed by atoms with E-state index in [0.29, 0.717) is 22.8 Å². The summed E-state index contributed by atoms with van der Waals surface area (Å²) >= 11 is 6.18. The zero-order valence-electron chi connectivity index (χ0n) is 20.8. The molecule has 37 heavy (non-hydrogen) atoms. The number of rotatable bonds is 4. The van der Waals surface area contributed by atoms with Crippen LogP contribution >= 0.6 is 11.6 Å². The molecule has 5 heteroatoms. The molecule has 0 bridgehead atoms. The summed E-state index contributed by atoms with van der Waals surface area (Å²) in [5.74, 6) is 0.368. The molecule has 0 amide bonds. The van der Waals surface area contributed by atoms with E-state index in [1.807, 2.05) is 36.4 Å². The topological polar surface area (TPSA) is 38.3 Å². The minimum atomic E-state index is -0.397. The molecule has 1 aliphatic carbocycles. The van der Waals surface area contributed by atoms with Crippen LogP contribution in [0, 0.1) is 11.2 Å². The first-order valence-corrected chi connectivity index (χ1v) is 12.9. The van der Waals surface area contributed by atoms with E-state index in [1.165, 1.54) is 6.07 Å². The number of halogens is 2. The summed E-state index contributed by atoms with van der Waals surface area (Å²) in [6, 6.07) is 24.5. The van der Waals surface area contributed by atoms with Gasteiger partial charge in [0, 0.05) is 28.8 Å². The van der Waals surface area contributed by atoms with Gasteiger partial charge in [-0.1, -0.05) is 74.0 Å². The first kappa shape index (κ1) is 23.7. The van der Waals surface area contributed by atoms with Gasteiger partial charge in [0.1, 0.15) is 18.2 Å². The zero-order chi connectivity index (χ0) is 25.7. The summed E-state index contributed by atoms with van der Waals surface area (Å²) in [7, 11) is 0. The van der Waals surface area contributed by atoms with Gasteiger partial charge in [0.15, 0.2) is 5.78 Å². The van der Waals surface area contributed by atoms with E-state index in [-0.39, 0.29) is 23.8 Å². The molecule has 3 nitrogen and oxygen atoms in total. The van der Waals surface area contributed by atoms with Gasteiger partial charge in [0.25, 0.3) is 0 Å². The molecule has 0 radical (unpaired) electrons. The molecular weight excluding hydrogens is 485 g/mol. The summed E-state index contributed by atoms with van der Waals surface area (Å²) in [5.41, 5.74) is 5.25. The number of benzene rings is 4. The molecule has 1 unspecified atom stereocenters. The van der Waals surface area contributed by atoms with Gasteiger partial charge >= 0.3 is 0 Å². The molecule has 1 heterocycles. The molecule has 4 aromatic rings. The van der Waals surface area contributed by atoms with Gasteiger partial charge in [-0.25, -0.2) is 4.39 Å². The Morgan fingerprint density at radius 2 is 1.81 bits per heavy atom. The van der Waals surface area contributed by atoms with Crippen molar-refractivity contribution < 1.29 is 13.9 Å². The summed E-state index contributed by atoms with van der Waals surface area (Å²) < 4.78 is 20.2. The lowest BCUT2D eigenvalue weighted by Gasteiger charge is -2.40. The monoisotopic (exact) mass is 511 g/mol. The Morgan fingerprint density at radius 1 is 1.00 bits per heavy atom. The van der Waals surface area contributed by atoms with Crippen molar-refractivity contribution >= 4 is 39.4 Å². The minimum Gasteiger partial charge on any atom is -0.489 e. The second kappa shape index (κ2) is 9.04. The molecule has 4 aromatic carbocycles. The lowest BCUT2D eigenvalue weighted by Crippen LogP contribution is -2.33. The molecule has 0 aromatic heterocycles. The van der Waals surface area contributed by atoms with Gasteiger partial charge in [0.05, 0.1) is 11.1 Å². The molecule has 0 spiro atoms. The van der Waals surface area contributed by atoms with E-state index in [0.717, 1.165) is 45.2 Å². The Morgan fingerprint density at radius 3 is 2.65 bits per heavy atom. The number of ether oxygens (including phenoxy) is 1. The average molecular weight is 512 g/mol. The zero-order valence-corrected chi connectivity index (χ0v) is 21.5. The van der Waals surface area contributed by atoms with Crippen molar-refractivity contribution in [1.82, 2.24) is 0 Å². The highest BCUT2D eigenvalue weighted by atomic mass is 35.5. The summed E-state index contributed by atoms with van der Waals surface area (Å²) in [5, 5.41) is 6.31. The van der Waals surface area contributed by atoms with Gasteiger partial charge < -0.3 is 10.1 Å². The van der Waals surface area contributed by atoms with E-state index in [2.05, 4.69) is 43.4 Å². The van der Waals surface area contributed by atoms with Crippen LogP contribution in [0.25, 0.3) is 16.3 Å². The van der Waals surface area contributed by atoms with E-state index in [1.54, 1.807) is 12.1 Å². The molecule has 0 fully saturated rings. The second-order valence-electron chi connectivity index (χ2n) is 10.7. The molecule has 186 valence electrons. The summed E-state index contributed by atoms with van der Waals surface area (Å²) in [6.45, 7) is 4.35. The van der Waals surface area contributed by atoms with E-state index < -0.39 is 5.82 Å². The standard InChI is InChI=1S/C32H27ClFNO2/c1-32(2)16-23-29-22-10-4-3-7-19(22)13-14-27(29)35-31(30(23)28(36)17-32)20-8-5-9-21(15-20)37-18-24-25(33)11-6-12-26(24)34/h3-15,31,35H,16-18H2,1-2H3. The fraction of sp³-hybridized carbons (Fsp3) is 0.219. The Hall–Kier alpha value is -3.63. The first-order valence-electron chi connectivity index (χ1n) is 12.5. The fourth-order valence-electron chi connectivity index (χ4n) is 5.70. The van der Waals surface area contributed by atoms with E-state index in [9.17, 15) is 9.18 Å². The Bertz CT molecular complexity index is 1570. The normalized spacial score (nSPS) is 18.3. The molecule has 1 atom stereocenters. The SMILES string of the molecule is CC1(C)CC(=O)C2=C(C1)c1c(ccc3ccccc13)NC2c1cccc(OCc2c(F)cccc2Cl)c1. The lowest BCUT2D eigenvalue weighted by molar-refractivity contribution is -0.118. The van der Waals surface area contributed by atoms with E-state index >= 15 is 0 Å². The van der Waals surface area contributed by atoms with Crippen LogP contribution in [0.5, 0.6) is 5.75 Å². The smallest absolute Gasteiger partial charge is 0.162 e. The molecule has 6 rings (SSSR count). The Kier molecular flexibility index (Phi) is 5.80. The van der Waals surface area contributed by atoms with Crippen molar-refractivity contribution in [2.75, 3.05) is 5.32 Å². The highest BCUT2D eigenvalue weighted by Crippen LogP contribution is 2.52. The molecule has 0 saturated heterocycles. The number of anilines is 1. The summed E-state index contributed by atoms with van der Waals surface area (Å²) in [4.78, 5) is 13.7. The molecule has 0 saturated carbocycles. The van der Waals surface area contributed by atoms with E-state index in [4.69, 9.17) is 16.3 Å². The molecule has 1 aliphatic heterocycles. The predicted octanol–water partition coefficient (Wildman–Crippen LogP) is 8.52. The van der Waals surface area contributed by atoms with Crippen molar-refractivity contribution in [2.24, 2.45) is 5.41 Å². The van der Waals surface area contributed by atoms with Gasteiger partial charge in [-0.3, -0.25) is 4.79 Å². The third-order valence-electron chi connectivity index (χ3n) is 7.38. The highest BCUT2D eigenvalue weighted by molar-refractivity contribution is 6.31. The van der Waals surface area contributed by atoms with Crippen molar-refractivity contribution in [1.29, 1.82) is 0 Å². The number of nitrogens with one attached hydrogen (secondary N) is 1. The molecule has 2 aliphatic rings. The number of Topliss-reactive ketones (excluding diaryl/α,β-unsaturated/α-hetero) is 1. The number of carbonyl (C=O) groups is 1. The maximum atomic E-state index is 14.2. The molecule has 1 N–H and O–H groups in total. The number of carbonyl (C=O) groups excluding carboxylic acids is 1. The number of ketones is 1. The number of hydrogen-bond donors (Lipinski definition) is 1. The van der Waals surface area contributed by atoms with Gasteiger partial charge in [-0.2, -0.15) is 0 Å². The maximum absolute atomic E-state index is 14.2. The van der Waals surface area contributed by atoms with Crippen molar-refractivity contribution in [2.45, 2.75) is 39.3 Å². The average Bonchev–Trinajstić information content (AvgIpc) is 2.87. The van der Waals surface area contributed by atoms with Crippen LogP contribution in [-0.2, 0) is 11.4 Å². The largest absolute Gasteiger partial charge is 0.489 e. The van der Waals surface area contributed by atoms with Gasteiger partial charge in [0.2, 0.25) is 0 Å². The summed E-state index contributed by atoms with van der Waals surface area (Å²) in [6.07, 6.45) is 1.33. The quantitative estimate of drug-likeness (QED) is 0.298. The van der Waals surface area contributed by atoms with Crippen LogP contribution in [0.3, 0.4) is 0 Å². The number of allylic oxidation sites excluding steroid dienone is 1. The Balaban J connectivity index is 1.42. The van der Waals surface area contributed by atoms with Crippen molar-refractivity contribution in [3.05, 3.63) is 112 Å². The number of hydrogen-bond acceptors (Lipinski definition) is 3. The number of fused-ring (bicyclic) bond motifs is 4. The maximum Gasteiger partial charge on any atom is 0.162 e. The van der Waals surface area contributed by atoms with Crippen molar-refractivity contribution in [3.63, 3.8) is 0 Å². The van der Waals surface area contributed by atoms with Crippen LogP contribution in [0.4, 0.5) is 10.1 Å². The second-order valence-corrected chi connectivity index (χ2v) is 11.1. The minimum absolute atomic E-state index is 0.0168. The van der Waals surface area contributed by atoms with Gasteiger partial charge in [-0.05, 0) is 64.1 Å². The predicted molar refractivity (Wildman–Crippen MR) is 147 cm³/mol. The van der Waals surface area contributed by atoms with Crippen LogP contribution in [0.15, 0.2) is 84.4 Å². The van der Waals surface area contributed by atoms with Crippen LogP contribution in [0.2, 0.25) is 5.02 Å². The Labute approximate surface area is 220 Å². The van der Waals surface area contributed by atoms with Crippen LogP contribution in [-0.4, -0.2) is 5.78 Å². The van der Waals surface area contributed by atoms with Crippen LogP contribution in [0.1, 0.15) is 49.4 Å². The third-order valence-corrected chi connectivity index (χ3v) is 7.73. The first-order chi connectivity index (χ1) is 17.8. The fourth-order valence-corrected chi connectivity index (χ4v) is 5.91. The van der Waals surface area contributed by atoms with Gasteiger partial charge in [-0.15, -0.1) is 0 Å².